The zero-order chi connectivity index (χ0) is 26.9. The van der Waals surface area contributed by atoms with E-state index in [-0.39, 0.29) is 45.9 Å². The lowest BCUT2D eigenvalue weighted by atomic mass is 10.2. The molecule has 198 valence electrons. The molecule has 36 heavy (non-hydrogen) atoms. The molecule has 0 saturated heterocycles. The van der Waals surface area contributed by atoms with Gasteiger partial charge in [0.1, 0.15) is 6.61 Å². The number of aromatic nitrogens is 3. The van der Waals surface area contributed by atoms with E-state index in [0.717, 1.165) is 38.5 Å². The number of hydrogen-bond acceptors (Lipinski definition) is 10. The quantitative estimate of drug-likeness (QED) is 0.0861. The van der Waals surface area contributed by atoms with Crippen molar-refractivity contribution in [3.8, 4) is 0 Å². The van der Waals surface area contributed by atoms with Crippen LogP contribution in [0.15, 0.2) is 52.5 Å². The number of hydrogen-bond donors (Lipinski definition) is 0. The minimum atomic E-state index is -0.958. The van der Waals surface area contributed by atoms with Gasteiger partial charge >= 0.3 is 35.0 Å². The van der Waals surface area contributed by atoms with Crippen LogP contribution in [0.5, 0.6) is 0 Å². The van der Waals surface area contributed by atoms with Gasteiger partial charge in [0.2, 0.25) is 0 Å². The average Bonchev–Trinajstić information content (AvgIpc) is 2.86. The monoisotopic (exact) mass is 509 g/mol. The highest BCUT2D eigenvalue weighted by molar-refractivity contribution is 5.81. The Bertz CT molecular complexity index is 1110. The molecule has 0 atom stereocenters. The average molecular weight is 510 g/mol. The van der Waals surface area contributed by atoms with E-state index in [1.807, 2.05) is 0 Å². The van der Waals surface area contributed by atoms with Gasteiger partial charge in [0.25, 0.3) is 0 Å². The number of nitrogens with zero attached hydrogens (tertiary/aromatic N) is 3. The molecule has 0 fully saturated rings. The number of rotatable bonds is 18. The van der Waals surface area contributed by atoms with Gasteiger partial charge in [-0.1, -0.05) is 19.7 Å². The molecule has 1 heterocycles. The lowest BCUT2D eigenvalue weighted by Gasteiger charge is -2.14. The van der Waals surface area contributed by atoms with Gasteiger partial charge in [-0.05, 0) is 19.3 Å². The molecule has 0 aliphatic carbocycles. The van der Waals surface area contributed by atoms with E-state index in [2.05, 4.69) is 24.5 Å². The Kier molecular flexibility index (Phi) is 13.8. The fourth-order valence-electron chi connectivity index (χ4n) is 2.88. The third-order valence-corrected chi connectivity index (χ3v) is 4.67. The van der Waals surface area contributed by atoms with Crippen molar-refractivity contribution in [2.45, 2.75) is 45.3 Å². The van der Waals surface area contributed by atoms with E-state index in [4.69, 9.17) is 14.2 Å². The van der Waals surface area contributed by atoms with Crippen molar-refractivity contribution >= 4 is 17.9 Å². The predicted molar refractivity (Wildman–Crippen MR) is 127 cm³/mol. The second kappa shape index (κ2) is 16.6. The van der Waals surface area contributed by atoms with Crippen LogP contribution in [0.3, 0.4) is 0 Å². The number of ether oxygens (including phenoxy) is 4. The van der Waals surface area contributed by atoms with Crippen molar-refractivity contribution in [3.05, 3.63) is 69.6 Å². The van der Waals surface area contributed by atoms with Gasteiger partial charge in [0.15, 0.2) is 0 Å². The van der Waals surface area contributed by atoms with Crippen LogP contribution in [0.2, 0.25) is 0 Å². The van der Waals surface area contributed by atoms with Gasteiger partial charge in [-0.25, -0.2) is 37.7 Å². The highest BCUT2D eigenvalue weighted by atomic mass is 16.5. The second-order valence-corrected chi connectivity index (χ2v) is 7.13. The maximum absolute atomic E-state index is 12.8. The van der Waals surface area contributed by atoms with Crippen LogP contribution >= 0.6 is 0 Å². The molecule has 0 unspecified atom stereocenters. The highest BCUT2D eigenvalue weighted by Gasteiger charge is 2.17. The predicted octanol–water partition coefficient (Wildman–Crippen LogP) is -0.106. The maximum atomic E-state index is 12.8. The van der Waals surface area contributed by atoms with Crippen LogP contribution in [0.1, 0.15) is 25.7 Å². The Morgan fingerprint density at radius 2 is 1.17 bits per heavy atom. The normalized spacial score (nSPS) is 10.3. The molecular weight excluding hydrogens is 478 g/mol. The maximum Gasteiger partial charge on any atom is 0.336 e. The minimum Gasteiger partial charge on any atom is -0.463 e. The Morgan fingerprint density at radius 1 is 0.667 bits per heavy atom. The van der Waals surface area contributed by atoms with Crippen molar-refractivity contribution in [3.63, 3.8) is 0 Å². The zero-order valence-corrected chi connectivity index (χ0v) is 20.1. The fraction of sp³-hybridized carbons (Fsp3) is 0.478. The summed E-state index contributed by atoms with van der Waals surface area (Å²) in [5, 5.41) is 0. The molecule has 0 aliphatic heterocycles. The summed E-state index contributed by atoms with van der Waals surface area (Å²) in [7, 11) is 0. The topological polar surface area (TPSA) is 154 Å². The van der Waals surface area contributed by atoms with E-state index in [9.17, 15) is 28.8 Å². The first kappa shape index (κ1) is 30.0. The van der Waals surface area contributed by atoms with E-state index >= 15 is 0 Å². The third-order valence-electron chi connectivity index (χ3n) is 4.67. The molecule has 0 aromatic carbocycles. The molecule has 1 rings (SSSR count). The lowest BCUT2D eigenvalue weighted by Crippen LogP contribution is -2.55. The van der Waals surface area contributed by atoms with Crippen molar-refractivity contribution in [1.82, 2.24) is 13.7 Å². The first-order valence-corrected chi connectivity index (χ1v) is 11.2. The Morgan fingerprint density at radius 3 is 1.72 bits per heavy atom. The summed E-state index contributed by atoms with van der Waals surface area (Å²) >= 11 is 0. The molecule has 0 radical (unpaired) electrons. The molecule has 0 bridgehead atoms. The Labute approximate surface area is 206 Å². The van der Waals surface area contributed by atoms with Gasteiger partial charge in [0.05, 0.1) is 39.0 Å². The molecule has 0 N–H and O–H groups in total. The largest absolute Gasteiger partial charge is 0.463 e. The molecule has 0 spiro atoms. The van der Waals surface area contributed by atoms with Crippen molar-refractivity contribution < 1.29 is 33.3 Å². The molecule has 13 heteroatoms. The van der Waals surface area contributed by atoms with Crippen LogP contribution < -0.4 is 17.1 Å². The fourth-order valence-corrected chi connectivity index (χ4v) is 2.88. The van der Waals surface area contributed by atoms with Crippen molar-refractivity contribution in [1.29, 1.82) is 0 Å². The Balaban J connectivity index is 2.86. The summed E-state index contributed by atoms with van der Waals surface area (Å²) < 4.78 is 22.0. The summed E-state index contributed by atoms with van der Waals surface area (Å²) in [5.41, 5.74) is -2.78. The lowest BCUT2D eigenvalue weighted by molar-refractivity contribution is -0.139. The van der Waals surface area contributed by atoms with Crippen LogP contribution in [0, 0.1) is 0 Å². The highest BCUT2D eigenvalue weighted by Crippen LogP contribution is 1.97. The summed E-state index contributed by atoms with van der Waals surface area (Å²) in [6.45, 7) is 9.31. The first-order chi connectivity index (χ1) is 17.3. The number of carbonyl (C=O) groups is 3. The van der Waals surface area contributed by atoms with Gasteiger partial charge in [-0.2, -0.15) is 0 Å². The first-order valence-electron chi connectivity index (χ1n) is 11.2. The molecular formula is C23H31N3O10. The molecule has 13 nitrogen and oxygen atoms in total. The summed E-state index contributed by atoms with van der Waals surface area (Å²) in [6.07, 6.45) is 4.65. The van der Waals surface area contributed by atoms with Crippen LogP contribution in [0.25, 0.3) is 0 Å². The van der Waals surface area contributed by atoms with E-state index in [1.165, 1.54) is 0 Å². The van der Waals surface area contributed by atoms with Crippen LogP contribution in [-0.4, -0.2) is 58.0 Å². The van der Waals surface area contributed by atoms with E-state index in [0.29, 0.717) is 19.4 Å². The standard InChI is InChI=1S/C23H31N3O10/c1-4-18(27)35-15-9-7-8-14-33-16-12-25-21(30)24(11-10-20(29)34-6-3)22(31)26(23(25)32)13-17-36-19(28)5-2/h4-6H,1-3,7-17H2. The SMILES string of the molecule is C=COC(=O)CCn1c(=O)n(CCOCCCCCOC(=O)C=C)c(=O)n(CCOC(=O)C=C)c1=O. The molecule has 0 saturated carbocycles. The number of esters is 3. The molecule has 1 aromatic heterocycles. The van der Waals surface area contributed by atoms with Gasteiger partial charge in [0, 0.05) is 25.3 Å². The van der Waals surface area contributed by atoms with Crippen molar-refractivity contribution in [2.75, 3.05) is 26.4 Å². The van der Waals surface area contributed by atoms with Gasteiger partial charge < -0.3 is 18.9 Å². The molecule has 0 aliphatic rings. The number of carbonyl (C=O) groups excluding carboxylic acids is 3. The summed E-state index contributed by atoms with van der Waals surface area (Å²) in [5.74, 6) is -1.95. The summed E-state index contributed by atoms with van der Waals surface area (Å²) in [4.78, 5) is 72.2. The molecule has 0 amide bonds. The third kappa shape index (κ3) is 10.1. The minimum absolute atomic E-state index is 0.00273. The smallest absolute Gasteiger partial charge is 0.336 e. The number of unbranched alkanes of at least 4 members (excludes halogenated alkanes) is 2. The van der Waals surface area contributed by atoms with E-state index < -0.39 is 35.0 Å². The summed E-state index contributed by atoms with van der Waals surface area (Å²) in [6, 6.07) is 0. The Hall–Kier alpha value is -4.00. The second-order valence-electron chi connectivity index (χ2n) is 7.13. The van der Waals surface area contributed by atoms with E-state index in [1.54, 1.807) is 0 Å². The van der Waals surface area contributed by atoms with Crippen molar-refractivity contribution in [2.24, 2.45) is 0 Å². The van der Waals surface area contributed by atoms with Crippen LogP contribution in [-0.2, 0) is 53.0 Å². The molecule has 1 aromatic rings. The van der Waals surface area contributed by atoms with Gasteiger partial charge in [-0.3, -0.25) is 4.79 Å². The zero-order valence-electron chi connectivity index (χ0n) is 20.1. The van der Waals surface area contributed by atoms with Gasteiger partial charge in [-0.15, -0.1) is 0 Å². The van der Waals surface area contributed by atoms with Crippen LogP contribution in [0.4, 0.5) is 0 Å².